The maximum absolute atomic E-state index is 13.7. The van der Waals surface area contributed by atoms with Crippen molar-refractivity contribution in [1.82, 2.24) is 61.6 Å². The van der Waals surface area contributed by atoms with Gasteiger partial charge in [0.15, 0.2) is 0 Å². The summed E-state index contributed by atoms with van der Waals surface area (Å²) in [6, 6.07) is 63.7. The molecule has 4 heterocycles. The molecule has 4 aromatic heterocycles. The van der Waals surface area contributed by atoms with Crippen LogP contribution in [0.3, 0.4) is 0 Å². The van der Waals surface area contributed by atoms with E-state index in [-0.39, 0.29) is 30.4 Å². The zero-order chi connectivity index (χ0) is 66.0. The first kappa shape index (κ1) is 70.0. The Bertz CT molecular complexity index is 3790. The van der Waals surface area contributed by atoms with Crippen LogP contribution < -0.4 is 18.9 Å². The molecular weight excluding hydrogens is 1210 g/mol. The Kier molecular flexibility index (Phi) is 30.9. The van der Waals surface area contributed by atoms with E-state index in [0.29, 0.717) is 55.5 Å². The molecular formula is C66H54ClFN12O12. The maximum atomic E-state index is 13.7. The van der Waals surface area contributed by atoms with Gasteiger partial charge in [-0.05, 0) is 87.2 Å². The van der Waals surface area contributed by atoms with E-state index in [1.807, 2.05) is 78.9 Å². The van der Waals surface area contributed by atoms with Crippen molar-refractivity contribution in [3.63, 3.8) is 0 Å². The first-order valence-electron chi connectivity index (χ1n) is 26.9. The van der Waals surface area contributed by atoms with Crippen molar-refractivity contribution in [2.75, 3.05) is 0 Å². The van der Waals surface area contributed by atoms with E-state index in [0.717, 1.165) is 44.0 Å². The van der Waals surface area contributed by atoms with Crippen molar-refractivity contribution in [2.45, 2.75) is 40.3 Å². The van der Waals surface area contributed by atoms with Crippen LogP contribution in [0.15, 0.2) is 219 Å². The number of aromatic amines is 4. The van der Waals surface area contributed by atoms with Gasteiger partial charge in [0.1, 0.15) is 57.0 Å². The summed E-state index contributed by atoms with van der Waals surface area (Å²) in [5.41, 5.74) is 15.2. The molecule has 12 aromatic rings. The van der Waals surface area contributed by atoms with E-state index >= 15 is 0 Å². The number of nitrogens with one attached hydrogen (secondary N) is 4. The summed E-state index contributed by atoms with van der Waals surface area (Å²) in [4.78, 5) is 65.0. The van der Waals surface area contributed by atoms with Crippen molar-refractivity contribution >= 4 is 36.2 Å². The molecule has 0 bridgehead atoms. The average Bonchev–Trinajstić information content (AvgIpc) is 1.65. The standard InChI is InChI=1S/2C16H15N3O.C15H12ClN3O.C15H12FN3O.4CO2/c1-12-2-6-14(7-3-12)15-8-4-13(5-9-15)11-20-16-10-17-19-18-16;1-12-4-2-3-5-15(12)14-8-6-13(7-9-14)11-20-16-10-17-19-18-16;2*16-14-4-2-1-3-13(14)12-7-5-11(6-8-12)10-20-15-9-17-19-18-15;4*2-1-3/h2*2-10H,11H2,1H3,(H,17,18,19);2*1-9H,10H2,(H,17,18,19);;;;. The lowest BCUT2D eigenvalue weighted by molar-refractivity contribution is -0.193. The third kappa shape index (κ3) is 24.9. The number of hydrogen-bond donors (Lipinski definition) is 4. The van der Waals surface area contributed by atoms with Gasteiger partial charge in [-0.2, -0.15) is 79.6 Å². The lowest BCUT2D eigenvalue weighted by Gasteiger charge is -2.07. The molecule has 24 nitrogen and oxygen atoms in total. The molecule has 0 aliphatic rings. The zero-order valence-electron chi connectivity index (χ0n) is 48.8. The van der Waals surface area contributed by atoms with Crippen LogP contribution in [0.1, 0.15) is 33.4 Å². The first-order chi connectivity index (χ1) is 44.9. The lowest BCUT2D eigenvalue weighted by Crippen LogP contribution is -1.95. The van der Waals surface area contributed by atoms with Gasteiger partial charge in [0.25, 0.3) is 23.5 Å². The predicted molar refractivity (Wildman–Crippen MR) is 325 cm³/mol. The number of benzene rings is 8. The van der Waals surface area contributed by atoms with E-state index in [2.05, 4.69) is 173 Å². The Morgan fingerprint density at radius 1 is 0.348 bits per heavy atom. The highest BCUT2D eigenvalue weighted by atomic mass is 35.5. The van der Waals surface area contributed by atoms with Gasteiger partial charge in [-0.15, -0.1) is 20.4 Å². The number of hydrogen-bond acceptors (Lipinski definition) is 20. The summed E-state index contributed by atoms with van der Waals surface area (Å²) < 4.78 is 35.5. The van der Waals surface area contributed by atoms with Crippen LogP contribution in [0, 0.1) is 19.7 Å². The highest BCUT2D eigenvalue weighted by molar-refractivity contribution is 6.33. The molecule has 0 aliphatic carbocycles. The van der Waals surface area contributed by atoms with Gasteiger partial charge in [-0.25, -0.2) is 4.39 Å². The Labute approximate surface area is 528 Å². The fraction of sp³-hybridized carbons (Fsp3) is 0.0909. The van der Waals surface area contributed by atoms with Crippen LogP contribution >= 0.6 is 11.6 Å². The molecule has 0 aliphatic heterocycles. The van der Waals surface area contributed by atoms with E-state index in [9.17, 15) is 4.39 Å². The minimum Gasteiger partial charge on any atom is -0.471 e. The number of nitrogens with zero attached hydrogens (tertiary/aromatic N) is 8. The van der Waals surface area contributed by atoms with Gasteiger partial charge < -0.3 is 18.9 Å². The lowest BCUT2D eigenvalue weighted by atomic mass is 10.00. The van der Waals surface area contributed by atoms with Crippen LogP contribution in [0.5, 0.6) is 23.5 Å². The van der Waals surface area contributed by atoms with Gasteiger partial charge >= 0.3 is 24.6 Å². The average molecular weight is 1260 g/mol. The fourth-order valence-corrected chi connectivity index (χ4v) is 8.08. The van der Waals surface area contributed by atoms with Gasteiger partial charge in [-0.3, -0.25) is 0 Å². The Morgan fingerprint density at radius 2 is 0.620 bits per heavy atom. The number of carbonyl (C=O) groups excluding carboxylic acids is 8. The molecule has 0 spiro atoms. The fourth-order valence-electron chi connectivity index (χ4n) is 7.84. The summed E-state index contributed by atoms with van der Waals surface area (Å²) in [5, 5.41) is 40.8. The quantitative estimate of drug-likeness (QED) is 0.0698. The van der Waals surface area contributed by atoms with Crippen LogP contribution in [0.2, 0.25) is 5.02 Å². The molecule has 0 radical (unpaired) electrons. The van der Waals surface area contributed by atoms with E-state index in [4.69, 9.17) is 68.9 Å². The van der Waals surface area contributed by atoms with E-state index in [1.54, 1.807) is 24.5 Å². The molecule has 0 saturated carbocycles. The summed E-state index contributed by atoms with van der Waals surface area (Å²) in [5.74, 6) is 1.73. The number of H-pyrrole nitrogens is 4. The highest BCUT2D eigenvalue weighted by Gasteiger charge is 2.08. The molecule has 0 atom stereocenters. The molecule has 4 N–H and O–H groups in total. The number of rotatable bonds is 16. The normalized spacial score (nSPS) is 9.43. The minimum absolute atomic E-state index is 0.223. The van der Waals surface area contributed by atoms with Crippen LogP contribution in [-0.4, -0.2) is 86.2 Å². The van der Waals surface area contributed by atoms with Gasteiger partial charge in [0, 0.05) is 16.1 Å². The number of halogens is 2. The molecule has 0 unspecified atom stereocenters. The van der Waals surface area contributed by atoms with Gasteiger partial charge in [0.2, 0.25) is 0 Å². The molecule has 92 heavy (non-hydrogen) atoms. The third-order valence-electron chi connectivity index (χ3n) is 12.1. The van der Waals surface area contributed by atoms with Crippen LogP contribution in [-0.2, 0) is 64.8 Å². The van der Waals surface area contributed by atoms with Crippen molar-refractivity contribution in [3.05, 3.63) is 263 Å². The monoisotopic (exact) mass is 1260 g/mol. The van der Waals surface area contributed by atoms with Crippen molar-refractivity contribution in [3.8, 4) is 68.0 Å². The summed E-state index contributed by atoms with van der Waals surface area (Å²) in [6.07, 6.45) is 7.16. The summed E-state index contributed by atoms with van der Waals surface area (Å²) in [6.45, 7) is 6.03. The third-order valence-corrected chi connectivity index (χ3v) is 12.5. The molecule has 0 saturated heterocycles. The Balaban J connectivity index is 0.000000210. The smallest absolute Gasteiger partial charge is 0.373 e. The second-order valence-electron chi connectivity index (χ2n) is 18.1. The van der Waals surface area contributed by atoms with Gasteiger partial charge in [0.05, 0.1) is 0 Å². The van der Waals surface area contributed by atoms with Crippen molar-refractivity contribution < 1.29 is 61.7 Å². The van der Waals surface area contributed by atoms with Crippen molar-refractivity contribution in [1.29, 1.82) is 0 Å². The minimum atomic E-state index is -0.223. The van der Waals surface area contributed by atoms with E-state index in [1.165, 1.54) is 51.8 Å². The first-order valence-corrected chi connectivity index (χ1v) is 27.2. The zero-order valence-corrected chi connectivity index (χ0v) is 49.6. The second kappa shape index (κ2) is 40.6. The molecule has 0 fully saturated rings. The molecule has 464 valence electrons. The van der Waals surface area contributed by atoms with Crippen LogP contribution in [0.4, 0.5) is 4.39 Å². The molecule has 26 heteroatoms. The SMILES string of the molecule is Cc1ccc(-c2ccc(COc3cn[nH]n3)cc2)cc1.Cc1ccccc1-c1ccc(COc2cn[nH]n2)cc1.Clc1ccccc1-c1ccc(COc2cn[nH]n2)cc1.Fc1ccccc1-c1ccc(COc2cn[nH]n2)cc1.O=C=O.O=C=O.O=C=O.O=C=O. The number of aryl methyl sites for hydroxylation is 2. The molecule has 8 aromatic carbocycles. The largest absolute Gasteiger partial charge is 0.471 e. The van der Waals surface area contributed by atoms with Gasteiger partial charge in [-0.1, -0.05) is 199 Å². The van der Waals surface area contributed by atoms with Crippen molar-refractivity contribution in [2.24, 2.45) is 0 Å². The molecule has 0 amide bonds. The number of aromatic nitrogens is 12. The Hall–Kier alpha value is -12.7. The summed E-state index contributed by atoms with van der Waals surface area (Å²) in [7, 11) is 0. The summed E-state index contributed by atoms with van der Waals surface area (Å²) >= 11 is 6.18. The maximum Gasteiger partial charge on any atom is 0.373 e. The molecule has 12 rings (SSSR count). The van der Waals surface area contributed by atoms with Crippen LogP contribution in [0.25, 0.3) is 44.5 Å². The van der Waals surface area contributed by atoms with E-state index < -0.39 is 0 Å². The highest BCUT2D eigenvalue weighted by Crippen LogP contribution is 2.29. The second-order valence-corrected chi connectivity index (χ2v) is 18.6. The predicted octanol–water partition coefficient (Wildman–Crippen LogP) is 11.3. The number of ether oxygens (including phenoxy) is 4. The Morgan fingerprint density at radius 3 is 0.935 bits per heavy atom. The topological polar surface area (TPSA) is 340 Å².